The van der Waals surface area contributed by atoms with Crippen LogP contribution in [0.25, 0.3) is 0 Å². The van der Waals surface area contributed by atoms with E-state index in [4.69, 9.17) is 4.74 Å². The van der Waals surface area contributed by atoms with Crippen molar-refractivity contribution in [2.45, 2.75) is 4.90 Å². The van der Waals surface area contributed by atoms with Crippen molar-refractivity contribution in [2.75, 3.05) is 18.2 Å². The fraction of sp³-hybridized carbons (Fsp3) is 0.133. The number of carbonyl (C=O) groups excluding carboxylic acids is 1. The summed E-state index contributed by atoms with van der Waals surface area (Å²) in [5, 5.41) is 13.5. The van der Waals surface area contributed by atoms with Crippen LogP contribution in [0.1, 0.15) is 0 Å². The molecule has 0 radical (unpaired) electrons. The third kappa shape index (κ3) is 4.68. The molecule has 0 unspecified atom stereocenters. The van der Waals surface area contributed by atoms with Crippen LogP contribution in [-0.2, 0) is 4.79 Å². The van der Waals surface area contributed by atoms with Gasteiger partial charge in [0.05, 0.1) is 23.9 Å². The van der Waals surface area contributed by atoms with E-state index in [1.54, 1.807) is 12.1 Å². The number of nitro benzene ring substituents is 1. The molecule has 6 nitrogen and oxygen atoms in total. The summed E-state index contributed by atoms with van der Waals surface area (Å²) >= 11 is 1.21. The number of methoxy groups -OCH3 is 1. The molecule has 0 saturated heterocycles. The quantitative estimate of drug-likeness (QED) is 0.496. The second kappa shape index (κ2) is 7.59. The van der Waals surface area contributed by atoms with Crippen molar-refractivity contribution in [2.24, 2.45) is 0 Å². The molecule has 0 bridgehead atoms. The van der Waals surface area contributed by atoms with E-state index in [1.165, 1.54) is 49.2 Å². The van der Waals surface area contributed by atoms with Crippen LogP contribution in [0, 0.1) is 15.9 Å². The lowest BCUT2D eigenvalue weighted by molar-refractivity contribution is -0.384. The number of ether oxygens (including phenoxy) is 1. The molecule has 0 atom stereocenters. The maximum atomic E-state index is 12.8. The number of rotatable bonds is 6. The Hall–Kier alpha value is -2.61. The third-order valence-corrected chi connectivity index (χ3v) is 3.87. The minimum absolute atomic E-state index is 0.0504. The Bertz CT molecular complexity index is 722. The van der Waals surface area contributed by atoms with E-state index in [1.807, 2.05) is 0 Å². The van der Waals surface area contributed by atoms with Gasteiger partial charge in [0.15, 0.2) is 0 Å². The minimum atomic E-state index is -0.592. The Kier molecular flexibility index (Phi) is 5.53. The van der Waals surface area contributed by atoms with E-state index < -0.39 is 10.8 Å². The van der Waals surface area contributed by atoms with E-state index in [0.717, 1.165) is 4.90 Å². The monoisotopic (exact) mass is 336 g/mol. The zero-order valence-corrected chi connectivity index (χ0v) is 12.9. The lowest BCUT2D eigenvalue weighted by Gasteiger charge is -2.07. The van der Waals surface area contributed by atoms with Crippen molar-refractivity contribution >= 4 is 29.0 Å². The number of nitrogens with one attached hydrogen (secondary N) is 1. The van der Waals surface area contributed by atoms with Crippen LogP contribution in [0.15, 0.2) is 47.4 Å². The van der Waals surface area contributed by atoms with Gasteiger partial charge >= 0.3 is 0 Å². The summed E-state index contributed by atoms with van der Waals surface area (Å²) < 4.78 is 17.7. The summed E-state index contributed by atoms with van der Waals surface area (Å²) in [6.45, 7) is 0. The normalized spacial score (nSPS) is 10.2. The molecular formula is C15H13FN2O4S. The van der Waals surface area contributed by atoms with Gasteiger partial charge in [-0.1, -0.05) is 0 Å². The second-order valence-electron chi connectivity index (χ2n) is 4.43. The number of nitro groups is 1. The summed E-state index contributed by atoms with van der Waals surface area (Å²) in [4.78, 5) is 23.1. The van der Waals surface area contributed by atoms with Gasteiger partial charge in [-0.25, -0.2) is 4.39 Å². The van der Waals surface area contributed by atoms with E-state index >= 15 is 0 Å². The molecule has 0 aliphatic carbocycles. The van der Waals surface area contributed by atoms with Gasteiger partial charge in [0, 0.05) is 4.90 Å². The Morgan fingerprint density at radius 1 is 1.30 bits per heavy atom. The molecule has 0 saturated carbocycles. The molecule has 1 amide bonds. The number of halogens is 1. The van der Waals surface area contributed by atoms with Gasteiger partial charge in [-0.15, -0.1) is 11.8 Å². The van der Waals surface area contributed by atoms with Crippen molar-refractivity contribution in [3.63, 3.8) is 0 Å². The van der Waals surface area contributed by atoms with Crippen LogP contribution < -0.4 is 10.1 Å². The van der Waals surface area contributed by atoms with Gasteiger partial charge in [0.1, 0.15) is 17.3 Å². The first-order chi connectivity index (χ1) is 11.0. The molecule has 120 valence electrons. The highest BCUT2D eigenvalue weighted by Crippen LogP contribution is 2.29. The van der Waals surface area contributed by atoms with E-state index in [0.29, 0.717) is 5.75 Å². The van der Waals surface area contributed by atoms with Crippen LogP contribution >= 0.6 is 11.8 Å². The van der Waals surface area contributed by atoms with Crippen LogP contribution in [0.3, 0.4) is 0 Å². The maximum Gasteiger partial charge on any atom is 0.296 e. The Balaban J connectivity index is 2.02. The molecule has 0 aliphatic heterocycles. The number of hydrogen-bond donors (Lipinski definition) is 1. The first kappa shape index (κ1) is 16.8. The second-order valence-corrected chi connectivity index (χ2v) is 5.48. The topological polar surface area (TPSA) is 81.5 Å². The lowest BCUT2D eigenvalue weighted by atomic mass is 10.2. The van der Waals surface area contributed by atoms with E-state index in [-0.39, 0.29) is 22.9 Å². The highest BCUT2D eigenvalue weighted by molar-refractivity contribution is 8.00. The Labute approximate surface area is 135 Å². The predicted molar refractivity (Wildman–Crippen MR) is 85.4 cm³/mol. The van der Waals surface area contributed by atoms with Gasteiger partial charge in [0.25, 0.3) is 5.69 Å². The molecule has 0 heterocycles. The van der Waals surface area contributed by atoms with E-state index in [2.05, 4.69) is 5.32 Å². The van der Waals surface area contributed by atoms with Crippen LogP contribution in [-0.4, -0.2) is 23.7 Å². The zero-order valence-electron chi connectivity index (χ0n) is 12.1. The third-order valence-electron chi connectivity index (χ3n) is 2.86. The van der Waals surface area contributed by atoms with Crippen molar-refractivity contribution < 1.29 is 18.8 Å². The Morgan fingerprint density at radius 2 is 2.00 bits per heavy atom. The first-order valence-corrected chi connectivity index (χ1v) is 7.49. The summed E-state index contributed by atoms with van der Waals surface area (Å²) in [6, 6.07) is 9.89. The lowest BCUT2D eigenvalue weighted by Crippen LogP contribution is -2.15. The smallest absolute Gasteiger partial charge is 0.296 e. The van der Waals surface area contributed by atoms with Gasteiger partial charge in [-0.3, -0.25) is 14.9 Å². The van der Waals surface area contributed by atoms with Gasteiger partial charge in [-0.2, -0.15) is 0 Å². The van der Waals surface area contributed by atoms with Crippen molar-refractivity contribution in [1.82, 2.24) is 0 Å². The van der Waals surface area contributed by atoms with Gasteiger partial charge < -0.3 is 10.1 Å². The fourth-order valence-electron chi connectivity index (χ4n) is 1.76. The summed E-state index contributed by atoms with van der Waals surface area (Å²) in [5.74, 6) is -0.370. The van der Waals surface area contributed by atoms with Crippen molar-refractivity contribution in [3.05, 3.63) is 58.4 Å². The highest BCUT2D eigenvalue weighted by atomic mass is 32.2. The molecule has 8 heteroatoms. The number of carbonyl (C=O) groups is 1. The highest BCUT2D eigenvalue weighted by Gasteiger charge is 2.17. The maximum absolute atomic E-state index is 12.8. The molecule has 2 rings (SSSR count). The molecule has 0 aromatic heterocycles. The van der Waals surface area contributed by atoms with Crippen LogP contribution in [0.4, 0.5) is 15.8 Å². The fourth-order valence-corrected chi connectivity index (χ4v) is 2.46. The number of amides is 1. The number of thioether (sulfide) groups is 1. The standard InChI is InChI=1S/C15H13FN2O4S/c1-22-11-4-7-13(14(8-11)18(20)21)17-15(19)9-23-12-5-2-10(16)3-6-12/h2-8H,9H2,1H3,(H,17,19). The molecule has 2 aromatic rings. The number of hydrogen-bond acceptors (Lipinski definition) is 5. The molecular weight excluding hydrogens is 323 g/mol. The molecule has 23 heavy (non-hydrogen) atoms. The molecule has 0 aliphatic rings. The predicted octanol–water partition coefficient (Wildman–Crippen LogP) is 3.47. The number of nitrogens with zero attached hydrogens (tertiary/aromatic N) is 1. The van der Waals surface area contributed by atoms with Crippen molar-refractivity contribution in [3.8, 4) is 5.75 Å². The number of anilines is 1. The average molecular weight is 336 g/mol. The summed E-state index contributed by atoms with van der Waals surface area (Å²) in [5.41, 5.74) is -0.148. The SMILES string of the molecule is COc1ccc(NC(=O)CSc2ccc(F)cc2)c([N+](=O)[O-])c1. The minimum Gasteiger partial charge on any atom is -0.496 e. The largest absolute Gasteiger partial charge is 0.496 e. The first-order valence-electron chi connectivity index (χ1n) is 6.50. The molecule has 2 aromatic carbocycles. The Morgan fingerprint density at radius 3 is 2.61 bits per heavy atom. The average Bonchev–Trinajstić information content (AvgIpc) is 2.54. The number of benzene rings is 2. The molecule has 0 fully saturated rings. The summed E-state index contributed by atoms with van der Waals surface area (Å²) in [7, 11) is 1.40. The van der Waals surface area contributed by atoms with Gasteiger partial charge in [-0.05, 0) is 36.4 Å². The van der Waals surface area contributed by atoms with Crippen LogP contribution in [0.2, 0.25) is 0 Å². The zero-order chi connectivity index (χ0) is 16.8. The van der Waals surface area contributed by atoms with Crippen molar-refractivity contribution in [1.29, 1.82) is 0 Å². The van der Waals surface area contributed by atoms with Crippen LogP contribution in [0.5, 0.6) is 5.75 Å². The van der Waals surface area contributed by atoms with E-state index in [9.17, 15) is 19.3 Å². The molecule has 1 N–H and O–H groups in total. The van der Waals surface area contributed by atoms with Gasteiger partial charge in [0.2, 0.25) is 5.91 Å². The summed E-state index contributed by atoms with van der Waals surface area (Å²) in [6.07, 6.45) is 0. The molecule has 0 spiro atoms.